The van der Waals surface area contributed by atoms with Crippen LogP contribution in [0.1, 0.15) is 26.2 Å². The minimum absolute atomic E-state index is 0.0403. The summed E-state index contributed by atoms with van der Waals surface area (Å²) in [6, 6.07) is -0.955. The molecular formula is C12H18N2O4S. The van der Waals surface area contributed by atoms with Crippen molar-refractivity contribution in [3.05, 3.63) is 0 Å². The van der Waals surface area contributed by atoms with E-state index < -0.39 is 12.0 Å². The highest BCUT2D eigenvalue weighted by Gasteiger charge is 2.44. The van der Waals surface area contributed by atoms with E-state index in [4.69, 9.17) is 9.84 Å². The summed E-state index contributed by atoms with van der Waals surface area (Å²) in [5, 5.41) is 12.0. The number of carbonyl (C=O) groups is 2. The molecule has 3 aliphatic heterocycles. The SMILES string of the molecule is CC1SCC(C(=O)O)N1C(=O)NC1CC2CCC1O2. The van der Waals surface area contributed by atoms with E-state index in [-0.39, 0.29) is 29.7 Å². The summed E-state index contributed by atoms with van der Waals surface area (Å²) in [7, 11) is 0. The monoisotopic (exact) mass is 286 g/mol. The molecule has 0 spiro atoms. The van der Waals surface area contributed by atoms with Crippen LogP contribution in [0.4, 0.5) is 4.79 Å². The molecule has 2 bridgehead atoms. The maximum Gasteiger partial charge on any atom is 0.327 e. The highest BCUT2D eigenvalue weighted by Crippen LogP contribution is 2.35. The van der Waals surface area contributed by atoms with Crippen LogP contribution in [0.2, 0.25) is 0 Å². The lowest BCUT2D eigenvalue weighted by Gasteiger charge is -2.28. The lowest BCUT2D eigenvalue weighted by Crippen LogP contribution is -2.53. The van der Waals surface area contributed by atoms with Gasteiger partial charge >= 0.3 is 12.0 Å². The van der Waals surface area contributed by atoms with Crippen LogP contribution in [0.3, 0.4) is 0 Å². The topological polar surface area (TPSA) is 78.9 Å². The van der Waals surface area contributed by atoms with Gasteiger partial charge < -0.3 is 15.2 Å². The van der Waals surface area contributed by atoms with Crippen LogP contribution in [0.15, 0.2) is 0 Å². The number of hydrogen-bond donors (Lipinski definition) is 2. The van der Waals surface area contributed by atoms with Crippen LogP contribution in [0.5, 0.6) is 0 Å². The molecular weight excluding hydrogens is 268 g/mol. The fourth-order valence-corrected chi connectivity index (χ4v) is 4.33. The van der Waals surface area contributed by atoms with Gasteiger partial charge in [0.2, 0.25) is 0 Å². The summed E-state index contributed by atoms with van der Waals surface area (Å²) in [5.41, 5.74) is 0. The van der Waals surface area contributed by atoms with Gasteiger partial charge in [-0.25, -0.2) is 9.59 Å². The summed E-state index contributed by atoms with van der Waals surface area (Å²) in [6.45, 7) is 1.87. The number of nitrogens with zero attached hydrogens (tertiary/aromatic N) is 1. The molecule has 2 amide bonds. The van der Waals surface area contributed by atoms with Gasteiger partial charge in [0.15, 0.2) is 0 Å². The molecule has 3 aliphatic rings. The Hall–Kier alpha value is -0.950. The summed E-state index contributed by atoms with van der Waals surface area (Å²) in [4.78, 5) is 24.9. The number of thioether (sulfide) groups is 1. The second-order valence-corrected chi connectivity index (χ2v) is 6.71. The van der Waals surface area contributed by atoms with Gasteiger partial charge in [0, 0.05) is 5.75 Å². The molecule has 3 fully saturated rings. The largest absolute Gasteiger partial charge is 0.480 e. The third kappa shape index (κ3) is 2.29. The molecule has 0 aliphatic carbocycles. The molecule has 19 heavy (non-hydrogen) atoms. The molecule has 106 valence electrons. The average Bonchev–Trinajstić information content (AvgIpc) is 3.02. The van der Waals surface area contributed by atoms with E-state index in [0.29, 0.717) is 5.75 Å². The number of ether oxygens (including phenoxy) is 1. The van der Waals surface area contributed by atoms with Crippen molar-refractivity contribution in [2.24, 2.45) is 0 Å². The van der Waals surface area contributed by atoms with E-state index in [1.165, 1.54) is 16.7 Å². The molecule has 5 atom stereocenters. The standard InChI is InChI=1S/C12H18N2O4S/c1-6-14(9(5-19-6)11(15)16)12(17)13-8-4-7-2-3-10(8)18-7/h6-10H,2-5H2,1H3,(H,13,17)(H,15,16). The zero-order chi connectivity index (χ0) is 13.6. The lowest BCUT2D eigenvalue weighted by molar-refractivity contribution is -0.141. The number of aliphatic carboxylic acids is 1. The van der Waals surface area contributed by atoms with Gasteiger partial charge in [0.1, 0.15) is 6.04 Å². The number of rotatable bonds is 2. The Bertz CT molecular complexity index is 405. The van der Waals surface area contributed by atoms with Gasteiger partial charge in [-0.2, -0.15) is 0 Å². The van der Waals surface area contributed by atoms with Crippen molar-refractivity contribution in [2.75, 3.05) is 5.75 Å². The van der Waals surface area contributed by atoms with Crippen LogP contribution >= 0.6 is 11.8 Å². The van der Waals surface area contributed by atoms with E-state index in [2.05, 4.69) is 5.32 Å². The number of amides is 2. The van der Waals surface area contributed by atoms with Gasteiger partial charge in [-0.1, -0.05) is 0 Å². The van der Waals surface area contributed by atoms with E-state index in [0.717, 1.165) is 19.3 Å². The number of fused-ring (bicyclic) bond motifs is 2. The van der Waals surface area contributed by atoms with Crippen LogP contribution in [0, 0.1) is 0 Å². The maximum atomic E-state index is 12.3. The second kappa shape index (κ2) is 4.86. The van der Waals surface area contributed by atoms with Gasteiger partial charge in [0.25, 0.3) is 0 Å². The van der Waals surface area contributed by atoms with E-state index in [1.54, 1.807) is 0 Å². The Morgan fingerprint density at radius 1 is 1.42 bits per heavy atom. The fraction of sp³-hybridized carbons (Fsp3) is 0.833. The predicted octanol–water partition coefficient (Wildman–Crippen LogP) is 0.864. The fourth-order valence-electron chi connectivity index (χ4n) is 3.16. The van der Waals surface area contributed by atoms with Crippen molar-refractivity contribution in [2.45, 2.75) is 55.9 Å². The number of urea groups is 1. The summed E-state index contributed by atoms with van der Waals surface area (Å²) in [5.74, 6) is -0.479. The summed E-state index contributed by atoms with van der Waals surface area (Å²) >= 11 is 1.50. The van der Waals surface area contributed by atoms with E-state index in [9.17, 15) is 9.59 Å². The summed E-state index contributed by atoms with van der Waals surface area (Å²) in [6.07, 6.45) is 3.30. The zero-order valence-corrected chi connectivity index (χ0v) is 11.6. The molecule has 3 heterocycles. The van der Waals surface area contributed by atoms with Crippen molar-refractivity contribution in [3.8, 4) is 0 Å². The highest BCUT2D eigenvalue weighted by atomic mass is 32.2. The van der Waals surface area contributed by atoms with Crippen LogP contribution < -0.4 is 5.32 Å². The van der Waals surface area contributed by atoms with Crippen molar-refractivity contribution in [1.82, 2.24) is 10.2 Å². The Kier molecular flexibility index (Phi) is 3.34. The Morgan fingerprint density at radius 3 is 2.79 bits per heavy atom. The van der Waals surface area contributed by atoms with Gasteiger partial charge in [-0.05, 0) is 26.2 Å². The molecule has 0 aromatic rings. The first kappa shape index (κ1) is 13.1. The predicted molar refractivity (Wildman–Crippen MR) is 70.0 cm³/mol. The zero-order valence-electron chi connectivity index (χ0n) is 10.7. The Morgan fingerprint density at radius 2 is 2.21 bits per heavy atom. The number of carbonyl (C=O) groups excluding carboxylic acids is 1. The maximum absolute atomic E-state index is 12.3. The molecule has 0 aromatic carbocycles. The molecule has 3 saturated heterocycles. The lowest BCUT2D eigenvalue weighted by atomic mass is 9.96. The van der Waals surface area contributed by atoms with Crippen molar-refractivity contribution < 1.29 is 19.4 Å². The number of carboxylic acids is 1. The molecule has 5 unspecified atom stereocenters. The first-order valence-corrected chi connectivity index (χ1v) is 7.70. The quantitative estimate of drug-likeness (QED) is 0.787. The molecule has 0 aromatic heterocycles. The van der Waals surface area contributed by atoms with Crippen LogP contribution in [-0.2, 0) is 9.53 Å². The average molecular weight is 286 g/mol. The van der Waals surface area contributed by atoms with Crippen molar-refractivity contribution >= 4 is 23.8 Å². The van der Waals surface area contributed by atoms with Crippen molar-refractivity contribution in [1.29, 1.82) is 0 Å². The van der Waals surface area contributed by atoms with Gasteiger partial charge in [-0.15, -0.1) is 11.8 Å². The molecule has 0 radical (unpaired) electrons. The smallest absolute Gasteiger partial charge is 0.327 e. The number of carboxylic acid groups (broad SMARTS) is 1. The second-order valence-electron chi connectivity index (χ2n) is 5.36. The highest BCUT2D eigenvalue weighted by molar-refractivity contribution is 8.00. The van der Waals surface area contributed by atoms with Gasteiger partial charge in [0.05, 0.1) is 23.6 Å². The summed E-state index contributed by atoms with van der Waals surface area (Å²) < 4.78 is 5.69. The Balaban J connectivity index is 1.64. The molecule has 6 nitrogen and oxygen atoms in total. The Labute approximate surface area is 115 Å². The van der Waals surface area contributed by atoms with Crippen LogP contribution in [-0.4, -0.2) is 57.4 Å². The number of hydrogen-bond acceptors (Lipinski definition) is 4. The molecule has 7 heteroatoms. The van der Waals surface area contributed by atoms with Gasteiger partial charge in [-0.3, -0.25) is 4.90 Å². The third-order valence-electron chi connectivity index (χ3n) is 4.16. The molecule has 3 rings (SSSR count). The van der Waals surface area contributed by atoms with E-state index >= 15 is 0 Å². The normalized spacial score (nSPS) is 40.7. The number of nitrogens with one attached hydrogen (secondary N) is 1. The third-order valence-corrected chi connectivity index (χ3v) is 5.37. The molecule has 0 saturated carbocycles. The molecule has 2 N–H and O–H groups in total. The van der Waals surface area contributed by atoms with E-state index in [1.807, 2.05) is 6.92 Å². The van der Waals surface area contributed by atoms with Crippen molar-refractivity contribution in [3.63, 3.8) is 0 Å². The minimum Gasteiger partial charge on any atom is -0.480 e. The first-order valence-electron chi connectivity index (χ1n) is 6.65. The van der Waals surface area contributed by atoms with Crippen LogP contribution in [0.25, 0.3) is 0 Å². The minimum atomic E-state index is -0.934. The first-order chi connectivity index (χ1) is 9.06.